The Balaban J connectivity index is 2.17. The van der Waals surface area contributed by atoms with Gasteiger partial charge in [0.25, 0.3) is 0 Å². The number of nitrogen functional groups attached to an aromatic ring is 1. The Morgan fingerprint density at radius 2 is 1.95 bits per heavy atom. The van der Waals surface area contributed by atoms with Crippen molar-refractivity contribution in [1.82, 2.24) is 0 Å². The van der Waals surface area contributed by atoms with Crippen LogP contribution in [0.25, 0.3) is 0 Å². The molecule has 0 spiro atoms. The number of benzene rings is 2. The monoisotopic (exact) mass is 259 g/mol. The van der Waals surface area contributed by atoms with E-state index in [4.69, 9.17) is 11.5 Å². The van der Waals surface area contributed by atoms with E-state index in [0.717, 1.165) is 5.56 Å². The van der Waals surface area contributed by atoms with Crippen molar-refractivity contribution in [2.24, 2.45) is 5.73 Å². The van der Waals surface area contributed by atoms with Crippen molar-refractivity contribution in [3.8, 4) is 0 Å². The maximum Gasteiger partial charge on any atom is 0.248 e. The van der Waals surface area contributed by atoms with Crippen molar-refractivity contribution in [3.05, 3.63) is 59.4 Å². The van der Waals surface area contributed by atoms with Gasteiger partial charge in [-0.05, 0) is 29.8 Å². The topological polar surface area (TPSA) is 81.1 Å². The second kappa shape index (κ2) is 5.39. The number of hydrogen-bond acceptors (Lipinski definition) is 3. The lowest BCUT2D eigenvalue weighted by atomic mass is 10.1. The number of carbonyl (C=O) groups is 1. The molecule has 2 aromatic rings. The molecule has 0 aliphatic rings. The molecule has 0 unspecified atom stereocenters. The molecule has 0 saturated carbocycles. The fraction of sp³-hybridized carbons (Fsp3) is 0.0714. The van der Waals surface area contributed by atoms with Gasteiger partial charge in [-0.3, -0.25) is 4.79 Å². The Bertz CT molecular complexity index is 613. The first-order valence-electron chi connectivity index (χ1n) is 5.74. The van der Waals surface area contributed by atoms with E-state index in [1.165, 1.54) is 18.2 Å². The van der Waals surface area contributed by atoms with E-state index in [9.17, 15) is 9.18 Å². The maximum atomic E-state index is 13.6. The second-order valence-electron chi connectivity index (χ2n) is 4.11. The van der Waals surface area contributed by atoms with Gasteiger partial charge in [0, 0.05) is 17.8 Å². The highest BCUT2D eigenvalue weighted by Crippen LogP contribution is 2.18. The molecule has 0 fully saturated rings. The molecule has 2 rings (SSSR count). The zero-order chi connectivity index (χ0) is 13.8. The molecule has 0 radical (unpaired) electrons. The lowest BCUT2D eigenvalue weighted by molar-refractivity contribution is 0.100. The first-order chi connectivity index (χ1) is 9.08. The lowest BCUT2D eigenvalue weighted by Crippen LogP contribution is -2.12. The molecule has 19 heavy (non-hydrogen) atoms. The van der Waals surface area contributed by atoms with E-state index in [2.05, 4.69) is 5.32 Å². The third-order valence-electron chi connectivity index (χ3n) is 2.78. The third kappa shape index (κ3) is 3.01. The largest absolute Gasteiger partial charge is 0.398 e. The summed E-state index contributed by atoms with van der Waals surface area (Å²) in [5.74, 6) is -1.04. The first kappa shape index (κ1) is 12.9. The highest BCUT2D eigenvalue weighted by molar-refractivity contribution is 5.93. The lowest BCUT2D eigenvalue weighted by Gasteiger charge is -2.10. The Morgan fingerprint density at radius 3 is 2.63 bits per heavy atom. The molecule has 0 aliphatic heterocycles. The molecule has 0 aromatic heterocycles. The third-order valence-corrected chi connectivity index (χ3v) is 2.78. The van der Waals surface area contributed by atoms with Crippen LogP contribution >= 0.6 is 0 Å². The van der Waals surface area contributed by atoms with Crippen molar-refractivity contribution >= 4 is 17.3 Å². The predicted octanol–water partition coefficient (Wildman–Crippen LogP) is 2.12. The number of nitrogens with one attached hydrogen (secondary N) is 1. The molecule has 5 N–H and O–H groups in total. The summed E-state index contributed by atoms with van der Waals surface area (Å²) in [5.41, 5.74) is 12.9. The number of para-hydroxylation sites is 1. The summed E-state index contributed by atoms with van der Waals surface area (Å²) in [5, 5.41) is 2.90. The fourth-order valence-corrected chi connectivity index (χ4v) is 1.70. The van der Waals surface area contributed by atoms with Crippen LogP contribution in [0.15, 0.2) is 42.5 Å². The summed E-state index contributed by atoms with van der Waals surface area (Å²) in [6.07, 6.45) is 0. The molecule has 2 aromatic carbocycles. The summed E-state index contributed by atoms with van der Waals surface area (Å²) in [6, 6.07) is 11.2. The fourth-order valence-electron chi connectivity index (χ4n) is 1.70. The normalized spacial score (nSPS) is 10.2. The summed E-state index contributed by atoms with van der Waals surface area (Å²) in [4.78, 5) is 11.0. The van der Waals surface area contributed by atoms with Crippen LogP contribution in [-0.2, 0) is 6.54 Å². The predicted molar refractivity (Wildman–Crippen MR) is 73.1 cm³/mol. The number of anilines is 2. The van der Waals surface area contributed by atoms with E-state index in [-0.39, 0.29) is 11.3 Å². The van der Waals surface area contributed by atoms with Crippen molar-refractivity contribution in [1.29, 1.82) is 0 Å². The molecule has 1 amide bonds. The van der Waals surface area contributed by atoms with Gasteiger partial charge in [-0.1, -0.05) is 18.2 Å². The van der Waals surface area contributed by atoms with Gasteiger partial charge in [-0.15, -0.1) is 0 Å². The number of nitrogens with two attached hydrogens (primary N) is 2. The van der Waals surface area contributed by atoms with Crippen molar-refractivity contribution in [3.63, 3.8) is 0 Å². The Labute approximate surface area is 110 Å². The zero-order valence-corrected chi connectivity index (χ0v) is 10.2. The van der Waals surface area contributed by atoms with Gasteiger partial charge >= 0.3 is 0 Å². The van der Waals surface area contributed by atoms with Crippen LogP contribution in [0.4, 0.5) is 15.8 Å². The number of carbonyl (C=O) groups excluding carboxylic acids is 1. The van der Waals surface area contributed by atoms with Crippen molar-refractivity contribution < 1.29 is 9.18 Å². The van der Waals surface area contributed by atoms with Gasteiger partial charge in [-0.25, -0.2) is 4.39 Å². The second-order valence-corrected chi connectivity index (χ2v) is 4.11. The number of amides is 1. The molecule has 98 valence electrons. The number of primary amides is 1. The van der Waals surface area contributed by atoms with Gasteiger partial charge < -0.3 is 16.8 Å². The minimum absolute atomic E-state index is 0.222. The summed E-state index contributed by atoms with van der Waals surface area (Å²) in [6.45, 7) is 0.367. The van der Waals surface area contributed by atoms with Crippen LogP contribution in [0.3, 0.4) is 0 Å². The van der Waals surface area contributed by atoms with Crippen LogP contribution in [0, 0.1) is 5.82 Å². The zero-order valence-electron chi connectivity index (χ0n) is 10.2. The number of rotatable bonds is 4. The van der Waals surface area contributed by atoms with E-state index >= 15 is 0 Å². The van der Waals surface area contributed by atoms with Gasteiger partial charge in [0.05, 0.1) is 5.69 Å². The van der Waals surface area contributed by atoms with Crippen LogP contribution < -0.4 is 16.8 Å². The molecule has 0 atom stereocenters. The first-order valence-corrected chi connectivity index (χ1v) is 5.74. The van der Waals surface area contributed by atoms with Crippen LogP contribution in [-0.4, -0.2) is 5.91 Å². The Hall–Kier alpha value is -2.56. The van der Waals surface area contributed by atoms with Crippen molar-refractivity contribution in [2.45, 2.75) is 6.54 Å². The van der Waals surface area contributed by atoms with Gasteiger partial charge in [0.2, 0.25) is 5.91 Å². The van der Waals surface area contributed by atoms with Gasteiger partial charge in [0.15, 0.2) is 0 Å². The van der Waals surface area contributed by atoms with Crippen molar-refractivity contribution in [2.75, 3.05) is 11.1 Å². The van der Waals surface area contributed by atoms with E-state index in [0.29, 0.717) is 12.2 Å². The average molecular weight is 259 g/mol. The Kier molecular flexibility index (Phi) is 3.66. The van der Waals surface area contributed by atoms with E-state index in [1.54, 1.807) is 6.07 Å². The van der Waals surface area contributed by atoms with E-state index < -0.39 is 11.7 Å². The molecule has 5 heteroatoms. The summed E-state index contributed by atoms with van der Waals surface area (Å²) in [7, 11) is 0. The van der Waals surface area contributed by atoms with Gasteiger partial charge in [0.1, 0.15) is 5.82 Å². The minimum atomic E-state index is -0.595. The molecule has 0 heterocycles. The van der Waals surface area contributed by atoms with E-state index in [1.807, 2.05) is 18.2 Å². The number of halogens is 1. The minimum Gasteiger partial charge on any atom is -0.398 e. The highest BCUT2D eigenvalue weighted by atomic mass is 19.1. The maximum absolute atomic E-state index is 13.6. The quantitative estimate of drug-likeness (QED) is 0.736. The molecular formula is C14H14FN3O. The average Bonchev–Trinajstić information content (AvgIpc) is 2.39. The smallest absolute Gasteiger partial charge is 0.248 e. The molecule has 4 nitrogen and oxygen atoms in total. The van der Waals surface area contributed by atoms with Gasteiger partial charge in [-0.2, -0.15) is 0 Å². The van der Waals surface area contributed by atoms with Crippen LogP contribution in [0.2, 0.25) is 0 Å². The summed E-state index contributed by atoms with van der Waals surface area (Å²) >= 11 is 0. The molecule has 0 bridgehead atoms. The SMILES string of the molecule is NC(=O)c1ccc(F)c(NCc2ccccc2N)c1. The summed E-state index contributed by atoms with van der Waals surface area (Å²) < 4.78 is 13.6. The number of hydrogen-bond donors (Lipinski definition) is 3. The van der Waals surface area contributed by atoms with Crippen LogP contribution in [0.1, 0.15) is 15.9 Å². The molecular weight excluding hydrogens is 245 g/mol. The highest BCUT2D eigenvalue weighted by Gasteiger charge is 2.07. The Morgan fingerprint density at radius 1 is 1.21 bits per heavy atom. The standard InChI is InChI=1S/C14H14FN3O/c15-11-6-5-9(14(17)19)7-13(11)18-8-10-3-1-2-4-12(10)16/h1-7,18H,8,16H2,(H2,17,19). The molecule has 0 saturated heterocycles. The van der Waals surface area contributed by atoms with Crippen LogP contribution in [0.5, 0.6) is 0 Å². The molecule has 0 aliphatic carbocycles.